The predicted molar refractivity (Wildman–Crippen MR) is 42.5 cm³/mol. The number of rotatable bonds is 5. The summed E-state index contributed by atoms with van der Waals surface area (Å²) in [4.78, 5) is 0. The Morgan fingerprint density at radius 1 is 1.50 bits per heavy atom. The minimum absolute atomic E-state index is 0.0938. The fourth-order valence-electron chi connectivity index (χ4n) is 0.842. The Balaban J connectivity index is 3.69. The van der Waals surface area contributed by atoms with Crippen molar-refractivity contribution in [3.05, 3.63) is 0 Å². The fourth-order valence-corrected chi connectivity index (χ4v) is 0.842. The molecule has 0 heterocycles. The highest BCUT2D eigenvalue weighted by Crippen LogP contribution is 2.12. The highest BCUT2D eigenvalue weighted by Gasteiger charge is 2.20. The van der Waals surface area contributed by atoms with Crippen LogP contribution in [0.4, 0.5) is 0 Å². The van der Waals surface area contributed by atoms with Crippen LogP contribution in [0.3, 0.4) is 0 Å². The van der Waals surface area contributed by atoms with Gasteiger partial charge in [-0.1, -0.05) is 6.92 Å². The van der Waals surface area contributed by atoms with Gasteiger partial charge in [0.1, 0.15) is 0 Å². The first-order valence-electron chi connectivity index (χ1n) is 3.76. The van der Waals surface area contributed by atoms with Crippen LogP contribution in [0.15, 0.2) is 0 Å². The highest BCUT2D eigenvalue weighted by molar-refractivity contribution is 4.74. The van der Waals surface area contributed by atoms with E-state index >= 15 is 0 Å². The molecular formula is C7H18N2O. The molecule has 1 unspecified atom stereocenters. The molecule has 62 valence electrons. The van der Waals surface area contributed by atoms with E-state index in [2.05, 4.69) is 19.3 Å². The van der Waals surface area contributed by atoms with Crippen molar-refractivity contribution in [2.24, 2.45) is 5.84 Å². The molecule has 0 aliphatic carbocycles. The minimum atomic E-state index is -0.0938. The van der Waals surface area contributed by atoms with E-state index in [9.17, 15) is 0 Å². The number of hydrogen-bond donors (Lipinski definition) is 2. The summed E-state index contributed by atoms with van der Waals surface area (Å²) in [7, 11) is 0. The van der Waals surface area contributed by atoms with E-state index in [1.807, 2.05) is 6.92 Å². The third-order valence-electron chi connectivity index (χ3n) is 1.72. The fraction of sp³-hybridized carbons (Fsp3) is 1.00. The summed E-state index contributed by atoms with van der Waals surface area (Å²) in [6.45, 7) is 7.58. The lowest BCUT2D eigenvalue weighted by Crippen LogP contribution is -2.42. The van der Waals surface area contributed by atoms with Gasteiger partial charge in [0.25, 0.3) is 0 Å². The van der Waals surface area contributed by atoms with Gasteiger partial charge >= 0.3 is 0 Å². The molecule has 0 radical (unpaired) electrons. The standard InChI is InChI=1S/C7H18N2O/c1-4-7(3,6-9-8)10-5-2/h9H,4-6,8H2,1-3H3. The lowest BCUT2D eigenvalue weighted by molar-refractivity contribution is -0.0261. The van der Waals surface area contributed by atoms with Crippen LogP contribution in [0.5, 0.6) is 0 Å². The third-order valence-corrected chi connectivity index (χ3v) is 1.72. The zero-order valence-corrected chi connectivity index (χ0v) is 7.11. The summed E-state index contributed by atoms with van der Waals surface area (Å²) >= 11 is 0. The quantitative estimate of drug-likeness (QED) is 0.442. The molecule has 0 rings (SSSR count). The molecule has 3 heteroatoms. The molecule has 1 atom stereocenters. The predicted octanol–water partition coefficient (Wildman–Crippen LogP) is 0.655. The Morgan fingerprint density at radius 3 is 2.40 bits per heavy atom. The lowest BCUT2D eigenvalue weighted by Gasteiger charge is -2.27. The summed E-state index contributed by atoms with van der Waals surface area (Å²) in [6.07, 6.45) is 0.977. The second kappa shape index (κ2) is 4.66. The van der Waals surface area contributed by atoms with Crippen molar-refractivity contribution in [1.82, 2.24) is 5.43 Å². The van der Waals surface area contributed by atoms with Crippen LogP contribution in [-0.2, 0) is 4.74 Å². The van der Waals surface area contributed by atoms with Gasteiger partial charge in [0.2, 0.25) is 0 Å². The average molecular weight is 146 g/mol. The molecule has 0 fully saturated rings. The molecule has 0 aromatic heterocycles. The molecule has 0 saturated heterocycles. The van der Waals surface area contributed by atoms with E-state index < -0.39 is 0 Å². The second-order valence-electron chi connectivity index (χ2n) is 2.62. The van der Waals surface area contributed by atoms with Crippen LogP contribution in [0.2, 0.25) is 0 Å². The normalized spacial score (nSPS) is 16.8. The Labute approximate surface area is 62.9 Å². The van der Waals surface area contributed by atoms with Crippen molar-refractivity contribution in [2.45, 2.75) is 32.8 Å². The zero-order chi connectivity index (χ0) is 8.04. The van der Waals surface area contributed by atoms with E-state index in [4.69, 9.17) is 10.6 Å². The van der Waals surface area contributed by atoms with Crippen molar-refractivity contribution in [3.63, 3.8) is 0 Å². The Bertz CT molecular complexity index is 79.7. The Morgan fingerprint density at radius 2 is 2.10 bits per heavy atom. The molecule has 3 N–H and O–H groups in total. The van der Waals surface area contributed by atoms with Gasteiger partial charge in [-0.05, 0) is 20.3 Å². The first-order valence-corrected chi connectivity index (χ1v) is 3.76. The van der Waals surface area contributed by atoms with E-state index in [-0.39, 0.29) is 5.60 Å². The van der Waals surface area contributed by atoms with Crippen molar-refractivity contribution >= 4 is 0 Å². The first-order chi connectivity index (χ1) is 4.68. The topological polar surface area (TPSA) is 47.3 Å². The maximum absolute atomic E-state index is 5.48. The van der Waals surface area contributed by atoms with E-state index in [1.54, 1.807) is 0 Å². The molecule has 0 saturated carbocycles. The zero-order valence-electron chi connectivity index (χ0n) is 7.11. The van der Waals surface area contributed by atoms with Crippen molar-refractivity contribution in [1.29, 1.82) is 0 Å². The molecule has 0 spiro atoms. The minimum Gasteiger partial charge on any atom is -0.374 e. The number of ether oxygens (including phenoxy) is 1. The average Bonchev–Trinajstić information content (AvgIpc) is 1.89. The third kappa shape index (κ3) is 3.15. The monoisotopic (exact) mass is 146 g/mol. The van der Waals surface area contributed by atoms with Crippen LogP contribution >= 0.6 is 0 Å². The smallest absolute Gasteiger partial charge is 0.0789 e. The Hall–Kier alpha value is -0.120. The van der Waals surface area contributed by atoms with E-state index in [1.165, 1.54) is 0 Å². The summed E-state index contributed by atoms with van der Waals surface area (Å²) in [5, 5.41) is 0. The summed E-state index contributed by atoms with van der Waals surface area (Å²) < 4.78 is 5.48. The molecule has 0 aromatic carbocycles. The van der Waals surface area contributed by atoms with Crippen LogP contribution in [-0.4, -0.2) is 18.8 Å². The highest BCUT2D eigenvalue weighted by atomic mass is 16.5. The largest absolute Gasteiger partial charge is 0.374 e. The van der Waals surface area contributed by atoms with E-state index in [0.717, 1.165) is 13.0 Å². The SMILES string of the molecule is CCOC(C)(CC)CNN. The van der Waals surface area contributed by atoms with Crippen molar-refractivity contribution < 1.29 is 4.74 Å². The molecule has 10 heavy (non-hydrogen) atoms. The van der Waals surface area contributed by atoms with Gasteiger partial charge in [-0.15, -0.1) is 0 Å². The summed E-state index contributed by atoms with van der Waals surface area (Å²) in [5.41, 5.74) is 2.53. The summed E-state index contributed by atoms with van der Waals surface area (Å²) in [5.74, 6) is 5.19. The molecule has 0 amide bonds. The first kappa shape index (κ1) is 9.88. The summed E-state index contributed by atoms with van der Waals surface area (Å²) in [6, 6.07) is 0. The van der Waals surface area contributed by atoms with E-state index in [0.29, 0.717) is 6.54 Å². The van der Waals surface area contributed by atoms with Gasteiger partial charge in [-0.2, -0.15) is 0 Å². The van der Waals surface area contributed by atoms with Gasteiger partial charge in [0.15, 0.2) is 0 Å². The Kier molecular flexibility index (Phi) is 4.60. The number of hydrazine groups is 1. The van der Waals surface area contributed by atoms with Crippen molar-refractivity contribution in [3.8, 4) is 0 Å². The molecular weight excluding hydrogens is 128 g/mol. The van der Waals surface area contributed by atoms with Crippen LogP contribution in [0, 0.1) is 0 Å². The molecule has 0 bridgehead atoms. The van der Waals surface area contributed by atoms with Crippen molar-refractivity contribution in [2.75, 3.05) is 13.2 Å². The molecule has 3 nitrogen and oxygen atoms in total. The molecule has 0 aromatic rings. The number of nitrogens with one attached hydrogen (secondary N) is 1. The number of nitrogens with two attached hydrogens (primary N) is 1. The van der Waals surface area contributed by atoms with Crippen LogP contribution in [0.1, 0.15) is 27.2 Å². The lowest BCUT2D eigenvalue weighted by atomic mass is 10.0. The van der Waals surface area contributed by atoms with Gasteiger partial charge in [0.05, 0.1) is 5.60 Å². The maximum atomic E-state index is 5.48. The maximum Gasteiger partial charge on any atom is 0.0789 e. The second-order valence-corrected chi connectivity index (χ2v) is 2.62. The number of hydrogen-bond acceptors (Lipinski definition) is 3. The van der Waals surface area contributed by atoms with Gasteiger partial charge in [-0.3, -0.25) is 11.3 Å². The van der Waals surface area contributed by atoms with Crippen LogP contribution in [0.25, 0.3) is 0 Å². The van der Waals surface area contributed by atoms with Gasteiger partial charge in [0, 0.05) is 13.2 Å². The molecule has 0 aliphatic heterocycles. The van der Waals surface area contributed by atoms with Gasteiger partial charge in [-0.25, -0.2) is 0 Å². The van der Waals surface area contributed by atoms with Gasteiger partial charge < -0.3 is 4.74 Å². The van der Waals surface area contributed by atoms with Crippen LogP contribution < -0.4 is 11.3 Å². The molecule has 0 aliphatic rings.